The second-order valence-electron chi connectivity index (χ2n) is 6.11. The highest BCUT2D eigenvalue weighted by atomic mass is 16.5. The Balaban J connectivity index is 1.41. The van der Waals surface area contributed by atoms with Gasteiger partial charge in [0.2, 0.25) is 5.91 Å². The maximum atomic E-state index is 12.7. The van der Waals surface area contributed by atoms with Crippen LogP contribution in [0, 0.1) is 0 Å². The topological polar surface area (TPSA) is 73.1 Å². The molecule has 0 aliphatic carbocycles. The minimum Gasteiger partial charge on any atom is -0.458 e. The molecule has 3 aromatic rings. The third-order valence-electron chi connectivity index (χ3n) is 4.38. The van der Waals surface area contributed by atoms with Gasteiger partial charge in [-0.3, -0.25) is 4.79 Å². The Bertz CT molecular complexity index is 864. The summed E-state index contributed by atoms with van der Waals surface area (Å²) in [7, 11) is 0. The highest BCUT2D eigenvalue weighted by Crippen LogP contribution is 2.17. The Morgan fingerprint density at radius 2 is 2.00 bits per heavy atom. The Hall–Kier alpha value is -2.96. The van der Waals surface area contributed by atoms with Crippen LogP contribution in [0.5, 0.6) is 6.01 Å². The van der Waals surface area contributed by atoms with Crippen LogP contribution >= 0.6 is 0 Å². The van der Waals surface area contributed by atoms with E-state index < -0.39 is 0 Å². The number of benzene rings is 1. The lowest BCUT2D eigenvalue weighted by molar-refractivity contribution is -0.134. The predicted octanol–water partition coefficient (Wildman–Crippen LogP) is 1.90. The van der Waals surface area contributed by atoms with Gasteiger partial charge in [-0.05, 0) is 31.0 Å². The number of amides is 1. The minimum absolute atomic E-state index is 0.0698. The molecule has 128 valence electrons. The summed E-state index contributed by atoms with van der Waals surface area (Å²) < 4.78 is 7.70. The summed E-state index contributed by atoms with van der Waals surface area (Å²) in [5.74, 6) is 0.0745. The van der Waals surface area contributed by atoms with Crippen LogP contribution in [0.1, 0.15) is 12.8 Å². The first kappa shape index (κ1) is 15.6. The van der Waals surface area contributed by atoms with Gasteiger partial charge in [0, 0.05) is 18.9 Å². The van der Waals surface area contributed by atoms with Crippen LogP contribution in [0.15, 0.2) is 49.1 Å². The molecule has 3 heterocycles. The van der Waals surface area contributed by atoms with Gasteiger partial charge in [0.1, 0.15) is 12.6 Å². The monoisotopic (exact) mass is 337 g/mol. The number of hydrogen-bond acceptors (Lipinski definition) is 5. The number of piperidine rings is 1. The van der Waals surface area contributed by atoms with E-state index in [0.29, 0.717) is 12.6 Å². The fraction of sp³-hybridized carbons (Fsp3) is 0.333. The lowest BCUT2D eigenvalue weighted by Gasteiger charge is -2.32. The SMILES string of the molecule is O=C(Cn1cnc2ccccc21)N1CCCC(Oc2ncccn2)C1. The third-order valence-corrected chi connectivity index (χ3v) is 4.38. The summed E-state index contributed by atoms with van der Waals surface area (Å²) in [5, 5.41) is 0. The largest absolute Gasteiger partial charge is 0.458 e. The minimum atomic E-state index is -0.0698. The van der Waals surface area contributed by atoms with E-state index in [4.69, 9.17) is 4.74 Å². The molecule has 1 unspecified atom stereocenters. The summed E-state index contributed by atoms with van der Waals surface area (Å²) in [4.78, 5) is 27.1. The number of fused-ring (bicyclic) bond motifs is 1. The van der Waals surface area contributed by atoms with E-state index in [0.717, 1.165) is 30.4 Å². The molecule has 1 atom stereocenters. The van der Waals surface area contributed by atoms with Gasteiger partial charge in [-0.15, -0.1) is 0 Å². The number of nitrogens with zero attached hydrogens (tertiary/aromatic N) is 5. The number of imidazole rings is 1. The van der Waals surface area contributed by atoms with E-state index in [1.54, 1.807) is 24.8 Å². The van der Waals surface area contributed by atoms with Crippen molar-refractivity contribution in [3.8, 4) is 6.01 Å². The van der Waals surface area contributed by atoms with Crippen molar-refractivity contribution in [2.24, 2.45) is 0 Å². The Kier molecular flexibility index (Phi) is 4.28. The van der Waals surface area contributed by atoms with Gasteiger partial charge in [-0.25, -0.2) is 15.0 Å². The van der Waals surface area contributed by atoms with Crippen molar-refractivity contribution in [2.75, 3.05) is 13.1 Å². The average Bonchev–Trinajstić information content (AvgIpc) is 3.06. The van der Waals surface area contributed by atoms with Crippen LogP contribution in [0.2, 0.25) is 0 Å². The zero-order chi connectivity index (χ0) is 17.1. The van der Waals surface area contributed by atoms with Crippen molar-refractivity contribution in [3.05, 3.63) is 49.1 Å². The van der Waals surface area contributed by atoms with Crippen molar-refractivity contribution in [1.29, 1.82) is 0 Å². The number of para-hydroxylation sites is 2. The summed E-state index contributed by atoms with van der Waals surface area (Å²) >= 11 is 0. The molecule has 0 spiro atoms. The molecule has 1 aliphatic heterocycles. The first-order chi connectivity index (χ1) is 12.3. The second kappa shape index (κ2) is 6.88. The van der Waals surface area contributed by atoms with Crippen molar-refractivity contribution >= 4 is 16.9 Å². The van der Waals surface area contributed by atoms with E-state index in [2.05, 4.69) is 15.0 Å². The van der Waals surface area contributed by atoms with Gasteiger partial charge in [0.05, 0.1) is 23.9 Å². The van der Waals surface area contributed by atoms with Crippen molar-refractivity contribution in [1.82, 2.24) is 24.4 Å². The zero-order valence-corrected chi connectivity index (χ0v) is 13.8. The normalized spacial score (nSPS) is 17.6. The predicted molar refractivity (Wildman–Crippen MR) is 92.0 cm³/mol. The van der Waals surface area contributed by atoms with E-state index in [-0.39, 0.29) is 18.6 Å². The molecule has 0 bridgehead atoms. The van der Waals surface area contributed by atoms with Gasteiger partial charge in [-0.2, -0.15) is 0 Å². The summed E-state index contributed by atoms with van der Waals surface area (Å²) in [6.07, 6.45) is 6.76. The molecule has 2 aromatic heterocycles. The van der Waals surface area contributed by atoms with Gasteiger partial charge in [0.15, 0.2) is 0 Å². The number of carbonyl (C=O) groups is 1. The number of aromatic nitrogens is 4. The smallest absolute Gasteiger partial charge is 0.316 e. The van der Waals surface area contributed by atoms with Crippen LogP contribution in [0.3, 0.4) is 0 Å². The number of rotatable bonds is 4. The second-order valence-corrected chi connectivity index (χ2v) is 6.11. The van der Waals surface area contributed by atoms with Crippen LogP contribution in [0.4, 0.5) is 0 Å². The van der Waals surface area contributed by atoms with Gasteiger partial charge in [-0.1, -0.05) is 12.1 Å². The molecule has 1 amide bonds. The molecular weight excluding hydrogens is 318 g/mol. The Labute approximate surface area is 145 Å². The zero-order valence-electron chi connectivity index (χ0n) is 13.8. The fourth-order valence-electron chi connectivity index (χ4n) is 3.14. The molecule has 7 nitrogen and oxygen atoms in total. The molecule has 1 aromatic carbocycles. The molecule has 7 heteroatoms. The average molecular weight is 337 g/mol. The lowest BCUT2D eigenvalue weighted by Crippen LogP contribution is -2.45. The van der Waals surface area contributed by atoms with E-state index in [1.807, 2.05) is 33.7 Å². The number of likely N-dealkylation sites (tertiary alicyclic amines) is 1. The molecular formula is C18H19N5O2. The van der Waals surface area contributed by atoms with Gasteiger partial charge in [0.25, 0.3) is 0 Å². The number of carbonyl (C=O) groups excluding carboxylic acids is 1. The Morgan fingerprint density at radius 1 is 1.16 bits per heavy atom. The van der Waals surface area contributed by atoms with Crippen molar-refractivity contribution < 1.29 is 9.53 Å². The summed E-state index contributed by atoms with van der Waals surface area (Å²) in [5.41, 5.74) is 1.87. The first-order valence-corrected chi connectivity index (χ1v) is 8.41. The Morgan fingerprint density at radius 3 is 2.88 bits per heavy atom. The van der Waals surface area contributed by atoms with E-state index >= 15 is 0 Å². The van der Waals surface area contributed by atoms with Crippen LogP contribution in [-0.4, -0.2) is 49.5 Å². The fourth-order valence-corrected chi connectivity index (χ4v) is 3.14. The summed E-state index contributed by atoms with van der Waals surface area (Å²) in [6.45, 7) is 1.60. The molecule has 1 saturated heterocycles. The molecule has 0 radical (unpaired) electrons. The van der Waals surface area contributed by atoms with Crippen LogP contribution in [0.25, 0.3) is 11.0 Å². The number of ether oxygens (including phenoxy) is 1. The maximum absolute atomic E-state index is 12.7. The molecule has 1 fully saturated rings. The van der Waals surface area contributed by atoms with Crippen LogP contribution in [-0.2, 0) is 11.3 Å². The van der Waals surface area contributed by atoms with E-state index in [1.165, 1.54) is 0 Å². The van der Waals surface area contributed by atoms with Crippen LogP contribution < -0.4 is 4.74 Å². The molecule has 4 rings (SSSR count). The van der Waals surface area contributed by atoms with E-state index in [9.17, 15) is 4.79 Å². The third kappa shape index (κ3) is 3.45. The molecule has 1 aliphatic rings. The molecule has 25 heavy (non-hydrogen) atoms. The van der Waals surface area contributed by atoms with Gasteiger partial charge < -0.3 is 14.2 Å². The standard InChI is InChI=1S/C18H19N5O2/c24-17(12-23-13-21-15-6-1-2-7-16(15)23)22-10-3-5-14(11-22)25-18-19-8-4-9-20-18/h1-2,4,6-9,13-14H,3,5,10-12H2. The molecule has 0 N–H and O–H groups in total. The van der Waals surface area contributed by atoms with Gasteiger partial charge >= 0.3 is 6.01 Å². The van der Waals surface area contributed by atoms with Crippen molar-refractivity contribution in [2.45, 2.75) is 25.5 Å². The summed E-state index contributed by atoms with van der Waals surface area (Å²) in [6, 6.07) is 9.93. The highest BCUT2D eigenvalue weighted by molar-refractivity contribution is 5.80. The highest BCUT2D eigenvalue weighted by Gasteiger charge is 2.25. The lowest BCUT2D eigenvalue weighted by atomic mass is 10.1. The first-order valence-electron chi connectivity index (χ1n) is 8.41. The quantitative estimate of drug-likeness (QED) is 0.727. The molecule has 0 saturated carbocycles. The maximum Gasteiger partial charge on any atom is 0.316 e. The van der Waals surface area contributed by atoms with Crippen molar-refractivity contribution in [3.63, 3.8) is 0 Å². The number of hydrogen-bond donors (Lipinski definition) is 0.